The number of hydrogen-bond acceptors (Lipinski definition) is 4. The highest BCUT2D eigenvalue weighted by Crippen LogP contribution is 2.21. The molecule has 0 aliphatic carbocycles. The van der Waals surface area contributed by atoms with Crippen LogP contribution in [0, 0.1) is 13.8 Å². The van der Waals surface area contributed by atoms with Crippen molar-refractivity contribution in [2.75, 3.05) is 11.4 Å². The molecule has 132 valence electrons. The Morgan fingerprint density at radius 3 is 2.84 bits per heavy atom. The molecule has 1 saturated heterocycles. The summed E-state index contributed by atoms with van der Waals surface area (Å²) in [7, 11) is 0. The van der Waals surface area contributed by atoms with Crippen molar-refractivity contribution in [1.29, 1.82) is 0 Å². The van der Waals surface area contributed by atoms with Crippen LogP contribution in [0.5, 0.6) is 0 Å². The molecular weight excluding hydrogens is 318 g/mol. The van der Waals surface area contributed by atoms with E-state index in [0.717, 1.165) is 23.5 Å². The number of carbonyl (C=O) groups is 2. The molecule has 1 aliphatic rings. The van der Waals surface area contributed by atoms with E-state index < -0.39 is 6.04 Å². The highest BCUT2D eigenvalue weighted by Gasteiger charge is 2.32. The minimum absolute atomic E-state index is 0.0985. The number of aromatic nitrogens is 3. The second-order valence-electron chi connectivity index (χ2n) is 6.26. The van der Waals surface area contributed by atoms with E-state index >= 15 is 0 Å². The lowest BCUT2D eigenvalue weighted by Gasteiger charge is -2.32. The average Bonchev–Trinajstić information content (AvgIpc) is 3.07. The van der Waals surface area contributed by atoms with Gasteiger partial charge in [0.25, 0.3) is 11.8 Å². The van der Waals surface area contributed by atoms with E-state index in [9.17, 15) is 9.59 Å². The Morgan fingerprint density at radius 2 is 2.12 bits per heavy atom. The number of amides is 2. The molecule has 7 nitrogen and oxygen atoms in total. The third-order valence-corrected chi connectivity index (χ3v) is 4.60. The zero-order valence-electron chi connectivity index (χ0n) is 14.8. The van der Waals surface area contributed by atoms with E-state index in [-0.39, 0.29) is 11.8 Å². The van der Waals surface area contributed by atoms with Crippen molar-refractivity contribution in [2.24, 2.45) is 0 Å². The van der Waals surface area contributed by atoms with Gasteiger partial charge in [-0.05, 0) is 45.2 Å². The first-order valence-corrected chi connectivity index (χ1v) is 8.59. The van der Waals surface area contributed by atoms with Crippen LogP contribution < -0.4 is 10.2 Å². The van der Waals surface area contributed by atoms with Crippen LogP contribution in [-0.2, 0) is 11.3 Å². The fraction of sp³-hybridized carbons (Fsp3) is 0.444. The van der Waals surface area contributed by atoms with Crippen LogP contribution in [0.3, 0.4) is 0 Å². The van der Waals surface area contributed by atoms with Crippen LogP contribution in [0.2, 0.25) is 0 Å². The van der Waals surface area contributed by atoms with Gasteiger partial charge in [0.15, 0.2) is 0 Å². The molecule has 7 heteroatoms. The lowest BCUT2D eigenvalue weighted by atomic mass is 10.0. The van der Waals surface area contributed by atoms with Crippen molar-refractivity contribution in [3.63, 3.8) is 0 Å². The molecule has 25 heavy (non-hydrogen) atoms. The molecule has 2 aromatic heterocycles. The van der Waals surface area contributed by atoms with Crippen LogP contribution >= 0.6 is 0 Å². The average molecular weight is 341 g/mol. The summed E-state index contributed by atoms with van der Waals surface area (Å²) >= 11 is 0. The summed E-state index contributed by atoms with van der Waals surface area (Å²) in [6.45, 7) is 7.12. The first-order chi connectivity index (χ1) is 12.0. The highest BCUT2D eigenvalue weighted by molar-refractivity contribution is 6.01. The van der Waals surface area contributed by atoms with E-state index in [1.807, 2.05) is 32.9 Å². The van der Waals surface area contributed by atoms with E-state index in [2.05, 4.69) is 15.4 Å². The van der Waals surface area contributed by atoms with Crippen molar-refractivity contribution in [3.05, 3.63) is 41.3 Å². The fourth-order valence-corrected chi connectivity index (χ4v) is 3.02. The largest absolute Gasteiger partial charge is 0.339 e. The van der Waals surface area contributed by atoms with Crippen molar-refractivity contribution in [2.45, 2.75) is 46.2 Å². The Kier molecular flexibility index (Phi) is 4.83. The van der Waals surface area contributed by atoms with Gasteiger partial charge in [-0.3, -0.25) is 14.5 Å². The zero-order valence-corrected chi connectivity index (χ0v) is 14.8. The lowest BCUT2D eigenvalue weighted by molar-refractivity contribution is -0.121. The van der Waals surface area contributed by atoms with Gasteiger partial charge >= 0.3 is 0 Å². The van der Waals surface area contributed by atoms with Crippen molar-refractivity contribution < 1.29 is 9.59 Å². The third-order valence-electron chi connectivity index (χ3n) is 4.60. The van der Waals surface area contributed by atoms with Crippen LogP contribution in [0.25, 0.3) is 0 Å². The topological polar surface area (TPSA) is 80.1 Å². The number of piperidine rings is 1. The Bertz CT molecular complexity index is 799. The smallest absolute Gasteiger partial charge is 0.270 e. The molecule has 0 aromatic carbocycles. The number of nitrogens with zero attached hydrogens (tertiary/aromatic N) is 4. The van der Waals surface area contributed by atoms with E-state index in [1.165, 1.54) is 0 Å². The first-order valence-electron chi connectivity index (χ1n) is 8.59. The van der Waals surface area contributed by atoms with Gasteiger partial charge in [0.2, 0.25) is 0 Å². The van der Waals surface area contributed by atoms with E-state index in [4.69, 9.17) is 0 Å². The number of anilines is 1. The molecular formula is C18H23N5O2. The van der Waals surface area contributed by atoms with Gasteiger partial charge in [-0.2, -0.15) is 5.10 Å². The summed E-state index contributed by atoms with van der Waals surface area (Å²) in [6.07, 6.45) is 3.14. The van der Waals surface area contributed by atoms with Gasteiger partial charge in [-0.25, -0.2) is 9.67 Å². The SMILES string of the molecule is CCn1nccc1N1CCCC(NC(=O)c2ccc(C)c(C)n2)C1=O. The second-order valence-corrected chi connectivity index (χ2v) is 6.26. The van der Waals surface area contributed by atoms with E-state index in [1.54, 1.807) is 21.8 Å². The Labute approximate surface area is 147 Å². The predicted octanol–water partition coefficient (Wildman–Crippen LogP) is 1.84. The molecule has 1 N–H and O–H groups in total. The molecule has 2 aromatic rings. The first kappa shape index (κ1) is 17.1. The molecule has 3 rings (SSSR count). The molecule has 0 spiro atoms. The molecule has 0 radical (unpaired) electrons. The zero-order chi connectivity index (χ0) is 18.0. The minimum atomic E-state index is -0.537. The number of nitrogens with one attached hydrogen (secondary N) is 1. The van der Waals surface area contributed by atoms with E-state index in [0.29, 0.717) is 25.2 Å². The van der Waals surface area contributed by atoms with Gasteiger partial charge in [-0.1, -0.05) is 6.07 Å². The normalized spacial score (nSPS) is 17.6. The predicted molar refractivity (Wildman–Crippen MR) is 94.5 cm³/mol. The molecule has 3 heterocycles. The maximum atomic E-state index is 12.8. The lowest BCUT2D eigenvalue weighted by Crippen LogP contribution is -2.53. The molecule has 1 atom stereocenters. The van der Waals surface area contributed by atoms with Crippen molar-refractivity contribution in [3.8, 4) is 0 Å². The summed E-state index contributed by atoms with van der Waals surface area (Å²) in [5.41, 5.74) is 2.19. The maximum Gasteiger partial charge on any atom is 0.270 e. The Balaban J connectivity index is 1.75. The quantitative estimate of drug-likeness (QED) is 0.920. The third kappa shape index (κ3) is 3.40. The summed E-state index contributed by atoms with van der Waals surface area (Å²) in [5, 5.41) is 7.06. The van der Waals surface area contributed by atoms with Gasteiger partial charge in [0.1, 0.15) is 17.6 Å². The fourth-order valence-electron chi connectivity index (χ4n) is 3.02. The monoisotopic (exact) mass is 341 g/mol. The number of rotatable bonds is 4. The molecule has 1 unspecified atom stereocenters. The molecule has 1 aliphatic heterocycles. The van der Waals surface area contributed by atoms with Crippen molar-refractivity contribution >= 4 is 17.6 Å². The number of aryl methyl sites for hydroxylation is 3. The molecule has 0 bridgehead atoms. The van der Waals surface area contributed by atoms with Gasteiger partial charge in [-0.15, -0.1) is 0 Å². The van der Waals surface area contributed by atoms with Crippen LogP contribution in [0.4, 0.5) is 5.82 Å². The second kappa shape index (κ2) is 7.04. The Hall–Kier alpha value is -2.70. The van der Waals surface area contributed by atoms with Gasteiger partial charge in [0, 0.05) is 24.8 Å². The summed E-state index contributed by atoms with van der Waals surface area (Å²) in [5.74, 6) is 0.363. The highest BCUT2D eigenvalue weighted by atomic mass is 16.2. The Morgan fingerprint density at radius 1 is 1.32 bits per heavy atom. The van der Waals surface area contributed by atoms with Gasteiger partial charge in [0.05, 0.1) is 6.20 Å². The van der Waals surface area contributed by atoms with Crippen LogP contribution in [0.15, 0.2) is 24.4 Å². The molecule has 2 amide bonds. The molecule has 0 saturated carbocycles. The summed E-state index contributed by atoms with van der Waals surface area (Å²) in [6, 6.07) is 4.85. The van der Waals surface area contributed by atoms with Crippen LogP contribution in [0.1, 0.15) is 41.5 Å². The minimum Gasteiger partial charge on any atom is -0.339 e. The number of hydrogen-bond donors (Lipinski definition) is 1. The maximum absolute atomic E-state index is 12.8. The van der Waals surface area contributed by atoms with Crippen molar-refractivity contribution in [1.82, 2.24) is 20.1 Å². The number of pyridine rings is 1. The standard InChI is InChI=1S/C18H23N5O2/c1-4-23-16(9-10-19-23)22-11-5-6-15(18(22)25)21-17(24)14-8-7-12(2)13(3)20-14/h7-10,15H,4-6,11H2,1-3H3,(H,21,24). The summed E-state index contributed by atoms with van der Waals surface area (Å²) in [4.78, 5) is 31.3. The molecule has 1 fully saturated rings. The number of carbonyl (C=O) groups excluding carboxylic acids is 2. The van der Waals surface area contributed by atoms with Gasteiger partial charge < -0.3 is 5.32 Å². The summed E-state index contributed by atoms with van der Waals surface area (Å²) < 4.78 is 1.78. The van der Waals surface area contributed by atoms with Crippen LogP contribution in [-0.4, -0.2) is 39.2 Å².